The van der Waals surface area contributed by atoms with Gasteiger partial charge in [0.15, 0.2) is 0 Å². The van der Waals surface area contributed by atoms with Gasteiger partial charge in [0, 0.05) is 83.3 Å². The summed E-state index contributed by atoms with van der Waals surface area (Å²) < 4.78 is 11.0. The second-order valence-electron chi connectivity index (χ2n) is 16.5. The topological polar surface area (TPSA) is 104 Å². The quantitative estimate of drug-likeness (QED) is 0.245. The second-order valence-corrected chi connectivity index (χ2v) is 17.7. The molecule has 2 spiro atoms. The van der Waals surface area contributed by atoms with Crippen molar-refractivity contribution in [3.05, 3.63) is 86.6 Å². The number of likely N-dealkylation sites (tertiary alicyclic amines) is 2. The Morgan fingerprint density at radius 1 is 0.717 bits per heavy atom. The number of aromatic nitrogens is 1. The molecule has 2 saturated heterocycles. The van der Waals surface area contributed by atoms with E-state index >= 15 is 0 Å². The first-order valence-electron chi connectivity index (χ1n) is 18.1. The van der Waals surface area contributed by atoms with E-state index in [1.807, 2.05) is 70.7 Å². The number of benzene rings is 2. The van der Waals surface area contributed by atoms with Crippen molar-refractivity contribution in [3.8, 4) is 0 Å². The highest BCUT2D eigenvalue weighted by Crippen LogP contribution is 2.49. The van der Waals surface area contributed by atoms with Crippen LogP contribution in [-0.2, 0) is 20.3 Å². The zero-order chi connectivity index (χ0) is 38.3. The molecule has 4 aliphatic heterocycles. The molecule has 0 unspecified atom stereocenters. The van der Waals surface area contributed by atoms with E-state index in [2.05, 4.69) is 16.4 Å². The maximum absolute atomic E-state index is 13.3. The van der Waals surface area contributed by atoms with Gasteiger partial charge in [-0.3, -0.25) is 4.79 Å². The fourth-order valence-electron chi connectivity index (χ4n) is 7.74. The molecule has 4 aliphatic rings. The molecule has 0 atom stereocenters. The lowest BCUT2D eigenvalue weighted by Gasteiger charge is -2.40. The number of carbonyl (C=O) groups excluding carboxylic acids is 3. The van der Waals surface area contributed by atoms with Gasteiger partial charge in [0.05, 0.1) is 0 Å². The predicted molar refractivity (Wildman–Crippen MR) is 210 cm³/mol. The van der Waals surface area contributed by atoms with Crippen LogP contribution in [-0.4, -0.2) is 83.3 Å². The molecule has 0 bridgehead atoms. The van der Waals surface area contributed by atoms with Crippen LogP contribution in [0.25, 0.3) is 0 Å². The van der Waals surface area contributed by atoms with Crippen molar-refractivity contribution in [2.45, 2.75) is 89.3 Å². The summed E-state index contributed by atoms with van der Waals surface area (Å²) in [6.07, 6.45) is 4.34. The molecule has 7 rings (SSSR count). The molecule has 0 radical (unpaired) electrons. The summed E-state index contributed by atoms with van der Waals surface area (Å²) in [7, 11) is 0. The number of piperidine rings is 2. The summed E-state index contributed by atoms with van der Waals surface area (Å²) in [5.74, 6) is -0.126. The molecule has 2 aromatic carbocycles. The number of pyridine rings is 1. The van der Waals surface area contributed by atoms with Crippen molar-refractivity contribution in [3.63, 3.8) is 0 Å². The van der Waals surface area contributed by atoms with E-state index in [1.165, 1.54) is 17.4 Å². The van der Waals surface area contributed by atoms with Crippen molar-refractivity contribution < 1.29 is 23.9 Å². The van der Waals surface area contributed by atoms with Gasteiger partial charge in [0.25, 0.3) is 5.91 Å². The number of amides is 3. The summed E-state index contributed by atoms with van der Waals surface area (Å²) in [6, 6.07) is 14.9. The first-order valence-corrected chi connectivity index (χ1v) is 19.2. The Labute approximate surface area is 327 Å². The maximum Gasteiger partial charge on any atom is 0.410 e. The van der Waals surface area contributed by atoms with Gasteiger partial charge in [0.1, 0.15) is 16.4 Å². The molecule has 2 fully saturated rings. The Hall–Kier alpha value is -3.73. The molecule has 1 aromatic heterocycles. The van der Waals surface area contributed by atoms with Crippen molar-refractivity contribution >= 4 is 64.3 Å². The molecular weight excluding hydrogens is 737 g/mol. The van der Waals surface area contributed by atoms with Crippen LogP contribution in [0, 0.1) is 0 Å². The fraction of sp³-hybridized carbons (Fsp3) is 0.500. The summed E-state index contributed by atoms with van der Waals surface area (Å²) in [5, 5.41) is 5.16. The van der Waals surface area contributed by atoms with Crippen molar-refractivity contribution in [1.29, 1.82) is 0 Å². The lowest BCUT2D eigenvalue weighted by atomic mass is 9.74. The maximum atomic E-state index is 13.3. The Kier molecular flexibility index (Phi) is 10.9. The van der Waals surface area contributed by atoms with Crippen molar-refractivity contribution in [2.24, 2.45) is 0 Å². The van der Waals surface area contributed by atoms with Crippen molar-refractivity contribution in [2.75, 3.05) is 49.5 Å². The summed E-state index contributed by atoms with van der Waals surface area (Å²) >= 11 is 18.5. The van der Waals surface area contributed by atoms with Gasteiger partial charge >= 0.3 is 12.2 Å². The molecule has 3 amide bonds. The predicted octanol–water partition coefficient (Wildman–Crippen LogP) is 9.35. The number of nitrogens with one attached hydrogen (secondary N) is 1. The third-order valence-corrected chi connectivity index (χ3v) is 11.1. The minimum absolute atomic E-state index is 0.0960. The van der Waals surface area contributed by atoms with Crippen LogP contribution >= 0.6 is 34.8 Å². The highest BCUT2D eigenvalue weighted by molar-refractivity contribution is 6.31. The van der Waals surface area contributed by atoms with Crippen LogP contribution < -0.4 is 10.2 Å². The number of fused-ring (bicyclic) bond motifs is 4. The zero-order valence-electron chi connectivity index (χ0n) is 31.2. The average Bonchev–Trinajstić information content (AvgIpc) is 3.58. The minimum Gasteiger partial charge on any atom is -0.444 e. The third kappa shape index (κ3) is 8.66. The second kappa shape index (κ2) is 14.8. The molecule has 13 heteroatoms. The summed E-state index contributed by atoms with van der Waals surface area (Å²) in [6.45, 7) is 15.3. The number of hydrogen-bond acceptors (Lipinski definition) is 7. The lowest BCUT2D eigenvalue weighted by molar-refractivity contribution is 0.0160. The van der Waals surface area contributed by atoms with E-state index in [0.717, 1.165) is 61.6 Å². The average molecular weight is 785 g/mol. The van der Waals surface area contributed by atoms with Gasteiger partial charge < -0.3 is 29.5 Å². The molecule has 3 aromatic rings. The molecule has 0 saturated carbocycles. The number of nitrogens with zero attached hydrogens (tertiary/aromatic N) is 4. The van der Waals surface area contributed by atoms with Gasteiger partial charge in [-0.1, -0.05) is 34.8 Å². The van der Waals surface area contributed by atoms with E-state index in [0.29, 0.717) is 30.2 Å². The number of hydrogen-bond donors (Lipinski definition) is 1. The largest absolute Gasteiger partial charge is 0.444 e. The van der Waals surface area contributed by atoms with Crippen LogP contribution in [0.4, 0.5) is 21.0 Å². The van der Waals surface area contributed by atoms with E-state index in [1.54, 1.807) is 28.0 Å². The number of carbonyl (C=O) groups is 3. The lowest BCUT2D eigenvalue weighted by Crippen LogP contribution is -2.49. The van der Waals surface area contributed by atoms with Crippen LogP contribution in [0.2, 0.25) is 15.2 Å². The first-order chi connectivity index (χ1) is 24.9. The number of ether oxygens (including phenoxy) is 2. The van der Waals surface area contributed by atoms with Gasteiger partial charge in [-0.25, -0.2) is 14.6 Å². The normalized spacial score (nSPS) is 18.5. The minimum atomic E-state index is -0.533. The number of anilines is 2. The number of halogens is 3. The van der Waals surface area contributed by atoms with Crippen LogP contribution in [0.15, 0.2) is 54.7 Å². The molecule has 53 heavy (non-hydrogen) atoms. The van der Waals surface area contributed by atoms with Crippen LogP contribution in [0.5, 0.6) is 0 Å². The Bertz CT molecular complexity index is 1870. The van der Waals surface area contributed by atoms with Gasteiger partial charge in [-0.05, 0) is 127 Å². The van der Waals surface area contributed by atoms with Gasteiger partial charge in [-0.2, -0.15) is 0 Å². The Balaban J connectivity index is 0.000000192. The molecule has 0 aliphatic carbocycles. The Morgan fingerprint density at radius 3 is 1.79 bits per heavy atom. The smallest absolute Gasteiger partial charge is 0.410 e. The molecule has 1 N–H and O–H groups in total. The third-order valence-electron chi connectivity index (χ3n) is 10.4. The monoisotopic (exact) mass is 783 g/mol. The van der Waals surface area contributed by atoms with E-state index < -0.39 is 11.2 Å². The highest BCUT2D eigenvalue weighted by atomic mass is 35.5. The van der Waals surface area contributed by atoms with E-state index in [-0.39, 0.29) is 34.1 Å². The fourth-order valence-corrected chi connectivity index (χ4v) is 8.26. The van der Waals surface area contributed by atoms with Crippen molar-refractivity contribution in [1.82, 2.24) is 14.8 Å². The zero-order valence-corrected chi connectivity index (χ0v) is 33.5. The molecule has 284 valence electrons. The first kappa shape index (κ1) is 39.0. The summed E-state index contributed by atoms with van der Waals surface area (Å²) in [4.78, 5) is 47.3. The van der Waals surface area contributed by atoms with Gasteiger partial charge in [-0.15, -0.1) is 0 Å². The van der Waals surface area contributed by atoms with Crippen LogP contribution in [0.1, 0.15) is 88.7 Å². The highest BCUT2D eigenvalue weighted by Gasteiger charge is 2.48. The Morgan fingerprint density at radius 2 is 1.25 bits per heavy atom. The molecule has 10 nitrogen and oxygen atoms in total. The van der Waals surface area contributed by atoms with E-state index in [4.69, 9.17) is 44.3 Å². The number of rotatable bonds is 1. The van der Waals surface area contributed by atoms with E-state index in [9.17, 15) is 14.4 Å². The molecular formula is C40H48Cl3N5O5. The molecule has 5 heterocycles. The van der Waals surface area contributed by atoms with Gasteiger partial charge in [0.2, 0.25) is 0 Å². The summed E-state index contributed by atoms with van der Waals surface area (Å²) in [5.41, 5.74) is 3.73. The SMILES string of the molecule is CC(C)(C)OC(=O)N1CCC2(CC1)CN(C(=O)c1ccnc(Cl)c1)c1ccc(Cl)cc12.CC(C)(C)OC(=O)N1CCC2(CC1)CNc1ccc(Cl)cc12. The van der Waals surface area contributed by atoms with Crippen LogP contribution in [0.3, 0.4) is 0 Å². The standard InChI is InChI=1S/C23H25Cl2N3O3.C17H23ClN2O2/c1-22(2,3)31-21(30)27-10-7-23(8-11-27)14-28(18-5-4-16(24)13-17(18)23)20(29)15-6-9-26-19(25)12-15;1-16(2,3)22-15(21)20-8-6-17(7-9-20)11-19-14-5-4-12(18)10-13(14)17/h4-6,9,12-13H,7-8,10-11,14H2,1-3H3;4-5,10,19H,6-9,11H2,1-3H3.